The fourth-order valence-electron chi connectivity index (χ4n) is 2.26. The number of nitrogens with one attached hydrogen (secondary N) is 2. The number of carbonyl (C=O) groups is 2. The van der Waals surface area contributed by atoms with Gasteiger partial charge in [0, 0.05) is 18.9 Å². The molecule has 0 bridgehead atoms. The molecule has 1 aromatic heterocycles. The van der Waals surface area contributed by atoms with E-state index in [1.807, 2.05) is 0 Å². The SMILES string of the molecule is CC(C)[C@@H](NC(=O)c1ccc(F)c(F)c1F)C(=O)NCc1cccnc1. The van der Waals surface area contributed by atoms with Gasteiger partial charge in [-0.1, -0.05) is 19.9 Å². The van der Waals surface area contributed by atoms with Crippen molar-refractivity contribution in [1.82, 2.24) is 15.6 Å². The van der Waals surface area contributed by atoms with Gasteiger partial charge in [0.15, 0.2) is 17.5 Å². The van der Waals surface area contributed by atoms with E-state index in [2.05, 4.69) is 15.6 Å². The van der Waals surface area contributed by atoms with Crippen molar-refractivity contribution in [2.24, 2.45) is 5.92 Å². The number of aromatic nitrogens is 1. The monoisotopic (exact) mass is 365 g/mol. The topological polar surface area (TPSA) is 71.1 Å². The Labute approximate surface area is 148 Å². The van der Waals surface area contributed by atoms with Crippen LogP contribution in [-0.2, 0) is 11.3 Å². The van der Waals surface area contributed by atoms with Gasteiger partial charge in [-0.05, 0) is 29.7 Å². The van der Waals surface area contributed by atoms with E-state index in [1.54, 1.807) is 38.4 Å². The highest BCUT2D eigenvalue weighted by Gasteiger charge is 2.27. The number of hydrogen-bond donors (Lipinski definition) is 2. The number of halogens is 3. The summed E-state index contributed by atoms with van der Waals surface area (Å²) in [6, 6.07) is 3.99. The Morgan fingerprint density at radius 2 is 1.85 bits per heavy atom. The summed E-state index contributed by atoms with van der Waals surface area (Å²) in [5, 5.41) is 5.01. The van der Waals surface area contributed by atoms with E-state index in [0.29, 0.717) is 6.07 Å². The van der Waals surface area contributed by atoms with Crippen molar-refractivity contribution in [2.75, 3.05) is 0 Å². The molecule has 0 saturated heterocycles. The summed E-state index contributed by atoms with van der Waals surface area (Å²) in [6.45, 7) is 3.58. The summed E-state index contributed by atoms with van der Waals surface area (Å²) in [5.41, 5.74) is 0.0935. The highest BCUT2D eigenvalue weighted by molar-refractivity contribution is 5.97. The summed E-state index contributed by atoms with van der Waals surface area (Å²) in [5.74, 6) is -6.53. The molecule has 1 heterocycles. The molecule has 0 spiro atoms. The molecule has 0 aliphatic rings. The minimum absolute atomic E-state index is 0.200. The van der Waals surface area contributed by atoms with Gasteiger partial charge in [-0.25, -0.2) is 13.2 Å². The van der Waals surface area contributed by atoms with Gasteiger partial charge < -0.3 is 10.6 Å². The first kappa shape index (κ1) is 19.4. The van der Waals surface area contributed by atoms with Gasteiger partial charge in [-0.15, -0.1) is 0 Å². The van der Waals surface area contributed by atoms with E-state index in [0.717, 1.165) is 11.6 Å². The second-order valence-electron chi connectivity index (χ2n) is 6.00. The van der Waals surface area contributed by atoms with E-state index >= 15 is 0 Å². The predicted molar refractivity (Wildman–Crippen MR) is 88.5 cm³/mol. The number of amides is 2. The smallest absolute Gasteiger partial charge is 0.255 e. The molecular formula is C18H18F3N3O2. The Kier molecular flexibility index (Phi) is 6.32. The van der Waals surface area contributed by atoms with Crippen molar-refractivity contribution in [3.8, 4) is 0 Å². The van der Waals surface area contributed by atoms with E-state index in [1.165, 1.54) is 0 Å². The molecule has 2 rings (SSSR count). The summed E-state index contributed by atoms with van der Waals surface area (Å²) in [7, 11) is 0. The standard InChI is InChI=1S/C18H18F3N3O2/c1-10(2)16(18(26)23-9-11-4-3-7-22-8-11)24-17(25)12-5-6-13(19)15(21)14(12)20/h3-8,10,16H,9H2,1-2H3,(H,23,26)(H,24,25)/t16-/m1/s1. The van der Waals surface area contributed by atoms with Crippen LogP contribution in [0.3, 0.4) is 0 Å². The highest BCUT2D eigenvalue weighted by Crippen LogP contribution is 2.16. The largest absolute Gasteiger partial charge is 0.350 e. The number of carbonyl (C=O) groups excluding carboxylic acids is 2. The normalized spacial score (nSPS) is 11.9. The van der Waals surface area contributed by atoms with Crippen molar-refractivity contribution in [3.05, 3.63) is 65.2 Å². The average molecular weight is 365 g/mol. The highest BCUT2D eigenvalue weighted by atomic mass is 19.2. The average Bonchev–Trinajstić information content (AvgIpc) is 2.62. The van der Waals surface area contributed by atoms with Gasteiger partial charge in [0.1, 0.15) is 6.04 Å². The Hall–Kier alpha value is -2.90. The Bertz CT molecular complexity index is 798. The van der Waals surface area contributed by atoms with Crippen LogP contribution in [-0.4, -0.2) is 22.8 Å². The Morgan fingerprint density at radius 3 is 2.46 bits per heavy atom. The van der Waals surface area contributed by atoms with Crippen LogP contribution in [0.2, 0.25) is 0 Å². The van der Waals surface area contributed by atoms with Crippen LogP contribution in [0.25, 0.3) is 0 Å². The zero-order valence-corrected chi connectivity index (χ0v) is 14.2. The van der Waals surface area contributed by atoms with E-state index in [4.69, 9.17) is 0 Å². The van der Waals surface area contributed by atoms with Crippen LogP contribution < -0.4 is 10.6 Å². The number of nitrogens with zero attached hydrogens (tertiary/aromatic N) is 1. The third kappa shape index (κ3) is 4.59. The molecule has 0 aliphatic carbocycles. The summed E-state index contributed by atoms with van der Waals surface area (Å²) in [6.07, 6.45) is 3.18. The lowest BCUT2D eigenvalue weighted by atomic mass is 10.0. The van der Waals surface area contributed by atoms with E-state index in [9.17, 15) is 22.8 Å². The summed E-state index contributed by atoms with van der Waals surface area (Å²) in [4.78, 5) is 28.5. The number of pyridine rings is 1. The maximum atomic E-state index is 13.8. The van der Waals surface area contributed by atoms with Crippen LogP contribution in [0.4, 0.5) is 13.2 Å². The lowest BCUT2D eigenvalue weighted by Gasteiger charge is -2.22. The molecule has 138 valence electrons. The Balaban J connectivity index is 2.09. The van der Waals surface area contributed by atoms with E-state index < -0.39 is 40.9 Å². The minimum atomic E-state index is -1.74. The second kappa shape index (κ2) is 8.46. The van der Waals surface area contributed by atoms with Gasteiger partial charge in [0.05, 0.1) is 5.56 Å². The van der Waals surface area contributed by atoms with Crippen molar-refractivity contribution in [3.63, 3.8) is 0 Å². The maximum absolute atomic E-state index is 13.8. The van der Waals surface area contributed by atoms with Gasteiger partial charge in [0.25, 0.3) is 5.91 Å². The first-order chi connectivity index (χ1) is 12.3. The van der Waals surface area contributed by atoms with Gasteiger partial charge in [0.2, 0.25) is 5.91 Å². The quantitative estimate of drug-likeness (QED) is 0.773. The van der Waals surface area contributed by atoms with Crippen LogP contribution in [0, 0.1) is 23.4 Å². The molecule has 26 heavy (non-hydrogen) atoms. The van der Waals surface area contributed by atoms with Gasteiger partial charge in [-0.3, -0.25) is 14.6 Å². The van der Waals surface area contributed by atoms with E-state index in [-0.39, 0.29) is 12.5 Å². The molecule has 5 nitrogen and oxygen atoms in total. The number of benzene rings is 1. The molecule has 0 unspecified atom stereocenters. The third-order valence-corrected chi connectivity index (χ3v) is 3.71. The molecule has 2 aromatic rings. The zero-order chi connectivity index (χ0) is 19.3. The Morgan fingerprint density at radius 1 is 1.12 bits per heavy atom. The minimum Gasteiger partial charge on any atom is -0.350 e. The lowest BCUT2D eigenvalue weighted by Crippen LogP contribution is -2.49. The zero-order valence-electron chi connectivity index (χ0n) is 14.2. The van der Waals surface area contributed by atoms with Gasteiger partial charge >= 0.3 is 0 Å². The summed E-state index contributed by atoms with van der Waals surface area (Å²) < 4.78 is 40.0. The van der Waals surface area contributed by atoms with Gasteiger partial charge in [-0.2, -0.15) is 0 Å². The fourth-order valence-corrected chi connectivity index (χ4v) is 2.26. The molecule has 8 heteroatoms. The second-order valence-corrected chi connectivity index (χ2v) is 6.00. The van der Waals surface area contributed by atoms with Crippen molar-refractivity contribution in [1.29, 1.82) is 0 Å². The molecule has 1 aromatic carbocycles. The molecule has 0 fully saturated rings. The van der Waals surface area contributed by atoms with Crippen LogP contribution in [0.1, 0.15) is 29.8 Å². The molecule has 0 aliphatic heterocycles. The molecule has 0 saturated carbocycles. The molecule has 2 amide bonds. The fraction of sp³-hybridized carbons (Fsp3) is 0.278. The first-order valence-corrected chi connectivity index (χ1v) is 7.92. The number of hydrogen-bond acceptors (Lipinski definition) is 3. The summed E-state index contributed by atoms with van der Waals surface area (Å²) >= 11 is 0. The first-order valence-electron chi connectivity index (χ1n) is 7.92. The van der Waals surface area contributed by atoms with Crippen LogP contribution in [0.15, 0.2) is 36.7 Å². The van der Waals surface area contributed by atoms with Crippen molar-refractivity contribution < 1.29 is 22.8 Å². The predicted octanol–water partition coefficient (Wildman–Crippen LogP) is 2.57. The molecule has 2 N–H and O–H groups in total. The van der Waals surface area contributed by atoms with Crippen LogP contribution >= 0.6 is 0 Å². The molecule has 0 radical (unpaired) electrons. The van der Waals surface area contributed by atoms with Crippen LogP contribution in [0.5, 0.6) is 0 Å². The number of rotatable bonds is 6. The third-order valence-electron chi connectivity index (χ3n) is 3.71. The maximum Gasteiger partial charge on any atom is 0.255 e. The molecular weight excluding hydrogens is 347 g/mol. The van der Waals surface area contributed by atoms with Crippen molar-refractivity contribution in [2.45, 2.75) is 26.4 Å². The lowest BCUT2D eigenvalue weighted by molar-refractivity contribution is -0.124. The van der Waals surface area contributed by atoms with Crippen molar-refractivity contribution >= 4 is 11.8 Å². The molecule has 1 atom stereocenters.